The van der Waals surface area contributed by atoms with Crippen molar-refractivity contribution < 1.29 is 41.2 Å². The van der Waals surface area contributed by atoms with Gasteiger partial charge in [0, 0.05) is 41.2 Å². The maximum atomic E-state index is 0. The molecule has 0 aromatic rings. The van der Waals surface area contributed by atoms with E-state index in [1.807, 2.05) is 0 Å². The van der Waals surface area contributed by atoms with Crippen molar-refractivity contribution in [1.29, 1.82) is 0 Å². The molecule has 0 aliphatic rings. The molecule has 0 rings (SSSR count). The summed E-state index contributed by atoms with van der Waals surface area (Å²) in [5.74, 6) is 0. The van der Waals surface area contributed by atoms with Crippen LogP contribution in [0.4, 0.5) is 0 Å². The van der Waals surface area contributed by atoms with Crippen LogP contribution >= 0.6 is 0 Å². The van der Waals surface area contributed by atoms with Crippen LogP contribution < -0.4 is 0 Å². The Labute approximate surface area is 76.4 Å². The van der Waals surface area contributed by atoms with Crippen molar-refractivity contribution in [2.24, 2.45) is 0 Å². The van der Waals surface area contributed by atoms with Gasteiger partial charge in [0.2, 0.25) is 0 Å². The summed E-state index contributed by atoms with van der Waals surface area (Å²) in [6.07, 6.45) is 0. The molecule has 4 heteroatoms. The molecular formula is H4AlLiTiZn. The van der Waals surface area contributed by atoms with E-state index in [0.717, 1.165) is 0 Å². The zero-order valence-corrected chi connectivity index (χ0v) is 5.74. The first kappa shape index (κ1) is 31.8. The average Bonchev–Trinajstić information content (AvgIpc) is 0. The zero-order chi connectivity index (χ0) is 0. The molecule has 0 unspecified atom stereocenters. The second-order valence-corrected chi connectivity index (χ2v) is 0. The third-order valence-corrected chi connectivity index (χ3v) is 0. The summed E-state index contributed by atoms with van der Waals surface area (Å²) in [5, 5.41) is 0. The van der Waals surface area contributed by atoms with Gasteiger partial charge in [-0.05, 0) is 0 Å². The predicted octanol–water partition coefficient (Wildman–Crippen LogP) is -1.84. The summed E-state index contributed by atoms with van der Waals surface area (Å²) in [4.78, 5) is 0. The van der Waals surface area contributed by atoms with Crippen LogP contribution in [0.1, 0.15) is 0 Å². The first-order valence-corrected chi connectivity index (χ1v) is 0. The summed E-state index contributed by atoms with van der Waals surface area (Å²) in [7, 11) is 0. The van der Waals surface area contributed by atoms with Crippen molar-refractivity contribution in [3.05, 3.63) is 0 Å². The SMILES string of the molecule is [AlH3].[LiH].[Ti].[Zn]. The van der Waals surface area contributed by atoms with E-state index in [1.165, 1.54) is 0 Å². The molecule has 0 aliphatic heterocycles. The Hall–Kier alpha value is 2.47. The first-order valence-electron chi connectivity index (χ1n) is 0. The average molecular weight is 151 g/mol. The predicted molar refractivity (Wildman–Crippen MR) is 17.1 cm³/mol. The first-order chi connectivity index (χ1) is 0. The third kappa shape index (κ3) is 8.82. The Bertz CT molecular complexity index is 8.00. The number of hydrogen-bond acceptors (Lipinski definition) is 0. The number of rotatable bonds is 0. The van der Waals surface area contributed by atoms with Crippen LogP contribution in [0.5, 0.6) is 0 Å². The van der Waals surface area contributed by atoms with Gasteiger partial charge in [0.1, 0.15) is 0 Å². The van der Waals surface area contributed by atoms with Gasteiger partial charge in [-0.1, -0.05) is 0 Å². The molecule has 0 saturated heterocycles. The molecule has 0 radical (unpaired) electrons. The second kappa shape index (κ2) is 17.9. The molecule has 4 heavy (non-hydrogen) atoms. The molecule has 0 aromatic carbocycles. The van der Waals surface area contributed by atoms with E-state index in [0.29, 0.717) is 0 Å². The molecule has 0 nitrogen and oxygen atoms in total. The van der Waals surface area contributed by atoms with Crippen molar-refractivity contribution in [3.63, 3.8) is 0 Å². The monoisotopic (exact) mass is 150 g/mol. The molecule has 0 spiro atoms. The van der Waals surface area contributed by atoms with Gasteiger partial charge >= 0.3 is 18.9 Å². The Balaban J connectivity index is 0. The Morgan fingerprint density at radius 1 is 1.00 bits per heavy atom. The fraction of sp³-hybridized carbons (Fsp3) is 0. The number of hydrogen-bond donors (Lipinski definition) is 0. The van der Waals surface area contributed by atoms with Gasteiger partial charge in [-0.2, -0.15) is 0 Å². The van der Waals surface area contributed by atoms with Gasteiger partial charge in [0.05, 0.1) is 0 Å². The van der Waals surface area contributed by atoms with Crippen molar-refractivity contribution in [3.8, 4) is 0 Å². The molecule has 0 saturated carbocycles. The van der Waals surface area contributed by atoms with Gasteiger partial charge < -0.3 is 0 Å². The van der Waals surface area contributed by atoms with E-state index in [2.05, 4.69) is 0 Å². The van der Waals surface area contributed by atoms with Crippen LogP contribution in [0.15, 0.2) is 0 Å². The van der Waals surface area contributed by atoms with Crippen LogP contribution in [0.25, 0.3) is 0 Å². The minimum absolute atomic E-state index is 0. The Morgan fingerprint density at radius 3 is 1.00 bits per heavy atom. The van der Waals surface area contributed by atoms with Crippen LogP contribution in [-0.4, -0.2) is 36.2 Å². The topological polar surface area (TPSA) is 0 Å². The summed E-state index contributed by atoms with van der Waals surface area (Å²) in [6.45, 7) is 0. The largest absolute Gasteiger partial charge is 0 e. The molecule has 0 N–H and O–H groups in total. The van der Waals surface area contributed by atoms with Crippen molar-refractivity contribution in [1.82, 2.24) is 0 Å². The molecule has 0 heterocycles. The van der Waals surface area contributed by atoms with Gasteiger partial charge in [0.25, 0.3) is 0 Å². The van der Waals surface area contributed by atoms with Gasteiger partial charge in [0.15, 0.2) is 17.4 Å². The molecule has 0 aliphatic carbocycles. The van der Waals surface area contributed by atoms with E-state index in [-0.39, 0.29) is 77.4 Å². The maximum absolute atomic E-state index is 0. The van der Waals surface area contributed by atoms with Gasteiger partial charge in [-0.25, -0.2) is 0 Å². The second-order valence-electron chi connectivity index (χ2n) is 0. The van der Waals surface area contributed by atoms with Crippen molar-refractivity contribution >= 4 is 36.2 Å². The molecule has 0 fully saturated rings. The van der Waals surface area contributed by atoms with E-state index >= 15 is 0 Å². The minimum atomic E-state index is 0. The third-order valence-electron chi connectivity index (χ3n) is 0. The van der Waals surface area contributed by atoms with E-state index in [9.17, 15) is 0 Å². The molecule has 0 atom stereocenters. The summed E-state index contributed by atoms with van der Waals surface area (Å²) >= 11 is 0. The smallest absolute Gasteiger partial charge is 0 e. The molecule has 0 amide bonds. The van der Waals surface area contributed by atoms with Gasteiger partial charge in [-0.3, -0.25) is 0 Å². The molecule has 14 valence electrons. The van der Waals surface area contributed by atoms with Crippen molar-refractivity contribution in [2.75, 3.05) is 0 Å². The molecule has 0 bridgehead atoms. The standard InChI is InChI=1S/Al.Li.Ti.Zn.4H. The molecule has 0 aromatic heterocycles. The van der Waals surface area contributed by atoms with Crippen LogP contribution in [0.3, 0.4) is 0 Å². The molecular weight excluding hydrogens is 147 g/mol. The van der Waals surface area contributed by atoms with Crippen molar-refractivity contribution in [2.45, 2.75) is 0 Å². The summed E-state index contributed by atoms with van der Waals surface area (Å²) < 4.78 is 0. The van der Waals surface area contributed by atoms with Crippen LogP contribution in [-0.2, 0) is 41.2 Å². The van der Waals surface area contributed by atoms with E-state index < -0.39 is 0 Å². The maximum Gasteiger partial charge on any atom is 0 e. The summed E-state index contributed by atoms with van der Waals surface area (Å²) in [6, 6.07) is 0. The Morgan fingerprint density at radius 2 is 1.00 bits per heavy atom. The van der Waals surface area contributed by atoms with Crippen LogP contribution in [0.2, 0.25) is 0 Å². The quantitative estimate of drug-likeness (QED) is 0.357. The zero-order valence-electron chi connectivity index (χ0n) is 1.21. The van der Waals surface area contributed by atoms with Gasteiger partial charge in [-0.15, -0.1) is 0 Å². The fourth-order valence-corrected chi connectivity index (χ4v) is 0. The Kier molecular flexibility index (Phi) is 142. The fourth-order valence-electron chi connectivity index (χ4n) is 0. The van der Waals surface area contributed by atoms with E-state index in [4.69, 9.17) is 0 Å². The normalized spacial score (nSPS) is 0. The van der Waals surface area contributed by atoms with E-state index in [1.54, 1.807) is 0 Å². The van der Waals surface area contributed by atoms with Crippen LogP contribution in [0, 0.1) is 0 Å². The minimum Gasteiger partial charge on any atom is 0 e. The summed E-state index contributed by atoms with van der Waals surface area (Å²) in [5.41, 5.74) is 0.